The highest BCUT2D eigenvalue weighted by atomic mass is 16.6. The minimum absolute atomic E-state index is 0.0599. The highest BCUT2D eigenvalue weighted by molar-refractivity contribution is 5.85. The summed E-state index contributed by atoms with van der Waals surface area (Å²) in [4.78, 5) is 25.0. The summed E-state index contributed by atoms with van der Waals surface area (Å²) in [7, 11) is 1.55. The number of carboxylic acid groups (broad SMARTS) is 1. The SMILES string of the molecule is Cn1nc(C2COCCN2C(=O)OC(C)(C)C)cc1C(=O)O. The van der Waals surface area contributed by atoms with Gasteiger partial charge in [0.2, 0.25) is 0 Å². The van der Waals surface area contributed by atoms with E-state index in [1.807, 2.05) is 0 Å². The van der Waals surface area contributed by atoms with Crippen LogP contribution in [0.4, 0.5) is 4.79 Å². The molecule has 0 radical (unpaired) electrons. The van der Waals surface area contributed by atoms with Crippen molar-refractivity contribution in [3.63, 3.8) is 0 Å². The highest BCUT2D eigenvalue weighted by Crippen LogP contribution is 2.26. The number of carbonyl (C=O) groups excluding carboxylic acids is 1. The van der Waals surface area contributed by atoms with Crippen LogP contribution < -0.4 is 0 Å². The van der Waals surface area contributed by atoms with Gasteiger partial charge in [-0.2, -0.15) is 5.10 Å². The Bertz CT molecular complexity index is 576. The summed E-state index contributed by atoms with van der Waals surface area (Å²) in [5.74, 6) is -1.07. The number of rotatable bonds is 2. The number of aromatic nitrogens is 2. The Morgan fingerprint density at radius 1 is 1.45 bits per heavy atom. The van der Waals surface area contributed by atoms with Gasteiger partial charge in [0, 0.05) is 13.6 Å². The van der Waals surface area contributed by atoms with Crippen LogP contribution in [0.3, 0.4) is 0 Å². The van der Waals surface area contributed by atoms with Gasteiger partial charge >= 0.3 is 12.1 Å². The molecule has 1 aromatic heterocycles. The van der Waals surface area contributed by atoms with Crippen LogP contribution >= 0.6 is 0 Å². The molecule has 2 heterocycles. The average molecular weight is 311 g/mol. The number of hydrogen-bond acceptors (Lipinski definition) is 5. The Hall–Kier alpha value is -2.09. The van der Waals surface area contributed by atoms with Gasteiger partial charge in [0.1, 0.15) is 17.3 Å². The molecule has 1 unspecified atom stereocenters. The summed E-state index contributed by atoms with van der Waals surface area (Å²) in [5, 5.41) is 13.3. The standard InChI is InChI=1S/C14H21N3O5/c1-14(2,3)22-13(20)17-5-6-21-8-11(17)9-7-10(12(18)19)16(4)15-9/h7,11H,5-6,8H2,1-4H3,(H,18,19). The van der Waals surface area contributed by atoms with E-state index in [-0.39, 0.29) is 12.3 Å². The van der Waals surface area contributed by atoms with Crippen LogP contribution in [-0.2, 0) is 16.5 Å². The van der Waals surface area contributed by atoms with E-state index in [1.54, 1.807) is 27.8 Å². The maximum absolute atomic E-state index is 12.3. The van der Waals surface area contributed by atoms with Crippen molar-refractivity contribution in [2.75, 3.05) is 19.8 Å². The van der Waals surface area contributed by atoms with Gasteiger partial charge in [-0.25, -0.2) is 9.59 Å². The minimum atomic E-state index is -1.07. The van der Waals surface area contributed by atoms with Gasteiger partial charge in [-0.05, 0) is 26.8 Å². The first-order valence-corrected chi connectivity index (χ1v) is 7.03. The maximum atomic E-state index is 12.3. The summed E-state index contributed by atoms with van der Waals surface area (Å²) >= 11 is 0. The third-order valence-corrected chi connectivity index (χ3v) is 3.22. The van der Waals surface area contributed by atoms with Crippen LogP contribution in [-0.4, -0.2) is 57.2 Å². The van der Waals surface area contributed by atoms with Gasteiger partial charge in [0.15, 0.2) is 0 Å². The minimum Gasteiger partial charge on any atom is -0.477 e. The van der Waals surface area contributed by atoms with Crippen molar-refractivity contribution < 1.29 is 24.2 Å². The number of carboxylic acids is 1. The molecule has 1 aliphatic rings. The summed E-state index contributed by atoms with van der Waals surface area (Å²) in [6, 6.07) is 1.00. The van der Waals surface area contributed by atoms with E-state index >= 15 is 0 Å². The Balaban J connectivity index is 2.25. The molecular weight excluding hydrogens is 290 g/mol. The van der Waals surface area contributed by atoms with Gasteiger partial charge in [-0.15, -0.1) is 0 Å². The molecule has 1 amide bonds. The van der Waals surface area contributed by atoms with Gasteiger partial charge in [0.25, 0.3) is 0 Å². The van der Waals surface area contributed by atoms with Gasteiger partial charge < -0.3 is 14.6 Å². The smallest absolute Gasteiger partial charge is 0.411 e. The number of nitrogens with zero attached hydrogens (tertiary/aromatic N) is 3. The molecule has 0 saturated carbocycles. The summed E-state index contributed by atoms with van der Waals surface area (Å²) < 4.78 is 12.1. The molecule has 0 aliphatic carbocycles. The lowest BCUT2D eigenvalue weighted by atomic mass is 10.1. The average Bonchev–Trinajstić information content (AvgIpc) is 2.79. The van der Waals surface area contributed by atoms with E-state index in [1.165, 1.54) is 15.6 Å². The van der Waals surface area contributed by atoms with Crippen molar-refractivity contribution in [2.24, 2.45) is 7.05 Å². The van der Waals surface area contributed by atoms with Crippen molar-refractivity contribution in [1.29, 1.82) is 0 Å². The van der Waals surface area contributed by atoms with E-state index in [0.717, 1.165) is 0 Å². The maximum Gasteiger partial charge on any atom is 0.411 e. The van der Waals surface area contributed by atoms with Crippen LogP contribution in [0.15, 0.2) is 6.07 Å². The summed E-state index contributed by atoms with van der Waals surface area (Å²) in [5.41, 5.74) is -0.0637. The zero-order chi connectivity index (χ0) is 16.5. The normalized spacial score (nSPS) is 19.1. The van der Waals surface area contributed by atoms with Crippen molar-refractivity contribution in [3.05, 3.63) is 17.5 Å². The Labute approximate surface area is 128 Å². The second-order valence-electron chi connectivity index (χ2n) is 6.15. The van der Waals surface area contributed by atoms with Crippen LogP contribution in [0.1, 0.15) is 43.0 Å². The van der Waals surface area contributed by atoms with Crippen molar-refractivity contribution >= 4 is 12.1 Å². The topological polar surface area (TPSA) is 93.9 Å². The molecule has 8 heteroatoms. The lowest BCUT2D eigenvalue weighted by Gasteiger charge is -2.35. The second kappa shape index (κ2) is 5.96. The number of aryl methyl sites for hydroxylation is 1. The first kappa shape index (κ1) is 16.3. The third kappa shape index (κ3) is 3.56. The molecule has 0 aromatic carbocycles. The Morgan fingerprint density at radius 3 is 2.68 bits per heavy atom. The zero-order valence-electron chi connectivity index (χ0n) is 13.2. The molecule has 122 valence electrons. The number of ether oxygens (including phenoxy) is 2. The van der Waals surface area contributed by atoms with Crippen LogP contribution in [0, 0.1) is 0 Å². The Morgan fingerprint density at radius 2 is 2.14 bits per heavy atom. The lowest BCUT2D eigenvalue weighted by molar-refractivity contribution is -0.0341. The first-order valence-electron chi connectivity index (χ1n) is 7.03. The van der Waals surface area contributed by atoms with Gasteiger partial charge in [0.05, 0.1) is 18.9 Å². The monoisotopic (exact) mass is 311 g/mol. The highest BCUT2D eigenvalue weighted by Gasteiger charge is 2.34. The van der Waals surface area contributed by atoms with E-state index in [2.05, 4.69) is 5.10 Å². The largest absolute Gasteiger partial charge is 0.477 e. The molecule has 8 nitrogen and oxygen atoms in total. The molecule has 1 aromatic rings. The first-order chi connectivity index (χ1) is 10.2. The summed E-state index contributed by atoms with van der Waals surface area (Å²) in [6.07, 6.45) is -0.455. The van der Waals surface area contributed by atoms with Gasteiger partial charge in [-0.3, -0.25) is 9.58 Å². The molecule has 0 spiro atoms. The quantitative estimate of drug-likeness (QED) is 0.888. The van der Waals surface area contributed by atoms with Gasteiger partial charge in [-0.1, -0.05) is 0 Å². The Kier molecular flexibility index (Phi) is 4.41. The molecule has 1 N–H and O–H groups in total. The number of aromatic carboxylic acids is 1. The van der Waals surface area contributed by atoms with Crippen LogP contribution in [0.2, 0.25) is 0 Å². The van der Waals surface area contributed by atoms with Crippen molar-refractivity contribution in [2.45, 2.75) is 32.4 Å². The van der Waals surface area contributed by atoms with Crippen LogP contribution in [0.25, 0.3) is 0 Å². The van der Waals surface area contributed by atoms with E-state index in [9.17, 15) is 9.59 Å². The summed E-state index contributed by atoms with van der Waals surface area (Å²) in [6.45, 7) is 6.43. The number of carbonyl (C=O) groups is 2. The fraction of sp³-hybridized carbons (Fsp3) is 0.643. The van der Waals surface area contributed by atoms with Crippen LogP contribution in [0.5, 0.6) is 0 Å². The fourth-order valence-electron chi connectivity index (χ4n) is 2.24. The van der Waals surface area contributed by atoms with E-state index < -0.39 is 23.7 Å². The van der Waals surface area contributed by atoms with Crippen molar-refractivity contribution in [3.8, 4) is 0 Å². The predicted octanol–water partition coefficient (Wildman–Crippen LogP) is 1.43. The third-order valence-electron chi connectivity index (χ3n) is 3.22. The van der Waals surface area contributed by atoms with Crippen molar-refractivity contribution in [1.82, 2.24) is 14.7 Å². The molecule has 1 saturated heterocycles. The number of morpholine rings is 1. The number of hydrogen-bond donors (Lipinski definition) is 1. The lowest BCUT2D eigenvalue weighted by Crippen LogP contribution is -2.45. The zero-order valence-corrected chi connectivity index (χ0v) is 13.2. The predicted molar refractivity (Wildman–Crippen MR) is 76.7 cm³/mol. The molecule has 2 rings (SSSR count). The van der Waals surface area contributed by atoms with E-state index in [4.69, 9.17) is 14.6 Å². The molecule has 1 atom stereocenters. The second-order valence-corrected chi connectivity index (χ2v) is 6.15. The molecule has 0 bridgehead atoms. The van der Waals surface area contributed by atoms with E-state index in [0.29, 0.717) is 18.8 Å². The molecule has 1 fully saturated rings. The molecule has 1 aliphatic heterocycles. The molecule has 22 heavy (non-hydrogen) atoms. The molecular formula is C14H21N3O5. The number of amides is 1. The fourth-order valence-corrected chi connectivity index (χ4v) is 2.24.